The topological polar surface area (TPSA) is 93.4 Å². The summed E-state index contributed by atoms with van der Waals surface area (Å²) in [5, 5.41) is 15.9. The van der Waals surface area contributed by atoms with E-state index in [1.165, 1.54) is 24.5 Å². The maximum Gasteiger partial charge on any atom is 0.285 e. The molecule has 1 N–H and O–H groups in total. The number of hydrogen-bond donors (Lipinski definition) is 1. The number of halogens is 2. The average Bonchev–Trinajstić information content (AvgIpc) is 3.37. The van der Waals surface area contributed by atoms with Crippen LogP contribution in [-0.2, 0) is 6.61 Å². The van der Waals surface area contributed by atoms with Gasteiger partial charge >= 0.3 is 0 Å². The van der Waals surface area contributed by atoms with Crippen molar-refractivity contribution in [3.05, 3.63) is 93.0 Å². The molecule has 2 heterocycles. The van der Waals surface area contributed by atoms with Gasteiger partial charge in [-0.3, -0.25) is 10.1 Å². The number of piperidine rings is 1. The van der Waals surface area contributed by atoms with Gasteiger partial charge in [0.1, 0.15) is 35.9 Å². The Balaban J connectivity index is 1.23. The van der Waals surface area contributed by atoms with Gasteiger partial charge in [-0.05, 0) is 60.8 Å². The molecule has 3 atom stereocenters. The first-order valence-corrected chi connectivity index (χ1v) is 12.8. The van der Waals surface area contributed by atoms with E-state index in [9.17, 15) is 14.5 Å². The molecule has 1 saturated carbocycles. The van der Waals surface area contributed by atoms with E-state index < -0.39 is 4.92 Å². The van der Waals surface area contributed by atoms with Crippen molar-refractivity contribution in [2.75, 3.05) is 25.5 Å². The number of nitrogens with zero attached hydrogens (tertiary/aromatic N) is 4. The van der Waals surface area contributed by atoms with Crippen LogP contribution >= 0.6 is 11.6 Å². The minimum atomic E-state index is -0.427. The minimum absolute atomic E-state index is 0.0880. The van der Waals surface area contributed by atoms with Crippen molar-refractivity contribution in [1.29, 1.82) is 0 Å². The van der Waals surface area contributed by atoms with Gasteiger partial charge in [0.15, 0.2) is 0 Å². The Morgan fingerprint density at radius 3 is 2.74 bits per heavy atom. The van der Waals surface area contributed by atoms with Gasteiger partial charge in [-0.1, -0.05) is 35.6 Å². The van der Waals surface area contributed by atoms with Gasteiger partial charge in [0.05, 0.1) is 15.5 Å². The van der Waals surface area contributed by atoms with E-state index in [-0.39, 0.29) is 18.1 Å². The fourth-order valence-electron chi connectivity index (χ4n) is 5.18. The van der Waals surface area contributed by atoms with Crippen molar-refractivity contribution in [1.82, 2.24) is 14.9 Å². The summed E-state index contributed by atoms with van der Waals surface area (Å²) in [5.74, 6) is 8.23. The fraction of sp³-hybridized carbons (Fsp3) is 0.241. The fourth-order valence-corrected chi connectivity index (χ4v) is 5.41. The molecule has 2 aliphatic rings. The Morgan fingerprint density at radius 2 is 2.00 bits per heavy atom. The van der Waals surface area contributed by atoms with Crippen LogP contribution in [0, 0.1) is 45.5 Å². The van der Waals surface area contributed by atoms with Gasteiger partial charge < -0.3 is 15.0 Å². The molecule has 8 nitrogen and oxygen atoms in total. The highest BCUT2D eigenvalue weighted by Crippen LogP contribution is 2.50. The molecule has 39 heavy (non-hydrogen) atoms. The summed E-state index contributed by atoms with van der Waals surface area (Å²) in [6, 6.07) is 14.4. The molecule has 0 radical (unpaired) electrons. The number of benzene rings is 3. The van der Waals surface area contributed by atoms with E-state index in [2.05, 4.69) is 39.1 Å². The maximum absolute atomic E-state index is 13.4. The standard InChI is InChI=1S/C29H23ClFN5O3/c1-35-13-23-21(24(23)14-35)7-5-18-10-26-22(12-27(18)36(37)38)29(33-16-32-26)34-20-6-8-28(25(30)11-20)39-15-17-3-2-4-19(31)9-17/h2-4,6,8-12,16,21,23-24H,13-15H2,1H3,(H,32,33,34)/t21-,23+,24-. The second-order valence-corrected chi connectivity index (χ2v) is 10.3. The summed E-state index contributed by atoms with van der Waals surface area (Å²) in [5.41, 5.74) is 2.08. The molecule has 0 spiro atoms. The van der Waals surface area contributed by atoms with Crippen LogP contribution in [0.5, 0.6) is 5.75 Å². The zero-order chi connectivity index (χ0) is 27.1. The Morgan fingerprint density at radius 1 is 1.18 bits per heavy atom. The zero-order valence-corrected chi connectivity index (χ0v) is 21.7. The van der Waals surface area contributed by atoms with Gasteiger partial charge in [0, 0.05) is 36.1 Å². The van der Waals surface area contributed by atoms with Crippen LogP contribution in [0.1, 0.15) is 11.1 Å². The number of anilines is 2. The van der Waals surface area contributed by atoms with Gasteiger partial charge in [0.25, 0.3) is 5.69 Å². The Bertz CT molecular complexity index is 1660. The normalized spacial score (nSPS) is 19.7. The first-order chi connectivity index (χ1) is 18.9. The molecule has 0 bridgehead atoms. The SMILES string of the molecule is CN1C[C@@H]2[C@H](C#Cc3cc4ncnc(Nc5ccc(OCc6cccc(F)c6)c(Cl)c5)c4cc3[N+](=O)[O-])[C@@H]2C1. The molecule has 1 aliphatic heterocycles. The van der Waals surface area contributed by atoms with Crippen LogP contribution in [0.2, 0.25) is 5.02 Å². The van der Waals surface area contributed by atoms with Gasteiger partial charge in [-0.2, -0.15) is 0 Å². The summed E-state index contributed by atoms with van der Waals surface area (Å²) in [4.78, 5) is 22.4. The number of rotatable bonds is 6. The lowest BCUT2D eigenvalue weighted by atomic mass is 10.1. The van der Waals surface area contributed by atoms with Crippen LogP contribution in [0.4, 0.5) is 21.6 Å². The second kappa shape index (κ2) is 10.1. The van der Waals surface area contributed by atoms with Crippen LogP contribution in [0.25, 0.3) is 10.9 Å². The van der Waals surface area contributed by atoms with Crippen molar-refractivity contribution < 1.29 is 14.1 Å². The molecule has 4 aromatic rings. The van der Waals surface area contributed by atoms with Crippen LogP contribution in [0.3, 0.4) is 0 Å². The first-order valence-electron chi connectivity index (χ1n) is 12.4. The van der Waals surface area contributed by atoms with Crippen molar-refractivity contribution in [3.8, 4) is 17.6 Å². The molecule has 6 rings (SSSR count). The third-order valence-electron chi connectivity index (χ3n) is 7.18. The molecule has 1 aliphatic carbocycles. The lowest BCUT2D eigenvalue weighted by molar-refractivity contribution is -0.385. The third-order valence-corrected chi connectivity index (χ3v) is 7.47. The van der Waals surface area contributed by atoms with E-state index in [4.69, 9.17) is 16.3 Å². The van der Waals surface area contributed by atoms with Gasteiger partial charge in [0.2, 0.25) is 0 Å². The van der Waals surface area contributed by atoms with Crippen molar-refractivity contribution in [2.45, 2.75) is 6.61 Å². The highest BCUT2D eigenvalue weighted by molar-refractivity contribution is 6.32. The quantitative estimate of drug-likeness (QED) is 0.186. The number of nitrogens with one attached hydrogen (secondary N) is 1. The number of fused-ring (bicyclic) bond motifs is 2. The Kier molecular flexibility index (Phi) is 6.51. The minimum Gasteiger partial charge on any atom is -0.487 e. The number of hydrogen-bond acceptors (Lipinski definition) is 7. The number of likely N-dealkylation sites (tertiary alicyclic amines) is 1. The average molecular weight is 544 g/mol. The highest BCUT2D eigenvalue weighted by Gasteiger charge is 2.54. The van der Waals surface area contributed by atoms with Gasteiger partial charge in [-0.25, -0.2) is 14.4 Å². The summed E-state index contributed by atoms with van der Waals surface area (Å²) in [6.45, 7) is 2.21. The monoisotopic (exact) mass is 543 g/mol. The molecule has 2 fully saturated rings. The van der Waals surface area contributed by atoms with E-state index in [0.29, 0.717) is 62.1 Å². The molecular weight excluding hydrogens is 521 g/mol. The summed E-state index contributed by atoms with van der Waals surface area (Å²) in [6.07, 6.45) is 1.40. The molecule has 0 unspecified atom stereocenters. The summed E-state index contributed by atoms with van der Waals surface area (Å²) in [7, 11) is 2.10. The van der Waals surface area contributed by atoms with E-state index in [1.807, 2.05) is 0 Å². The number of ether oxygens (including phenoxy) is 1. The Hall–Kier alpha value is -4.26. The lowest BCUT2D eigenvalue weighted by Gasteiger charge is -2.12. The lowest BCUT2D eigenvalue weighted by Crippen LogP contribution is -2.18. The zero-order valence-electron chi connectivity index (χ0n) is 20.9. The summed E-state index contributed by atoms with van der Waals surface area (Å²) >= 11 is 6.43. The number of nitro groups is 1. The third kappa shape index (κ3) is 5.21. The predicted octanol–water partition coefficient (Wildman–Crippen LogP) is 5.81. The van der Waals surface area contributed by atoms with Crippen LogP contribution < -0.4 is 10.1 Å². The number of nitro benzene ring substituents is 1. The second-order valence-electron chi connectivity index (χ2n) is 9.90. The molecule has 1 aromatic heterocycles. The Labute approximate surface area is 228 Å². The number of aromatic nitrogens is 2. The summed E-state index contributed by atoms with van der Waals surface area (Å²) < 4.78 is 19.2. The van der Waals surface area contributed by atoms with E-state index >= 15 is 0 Å². The highest BCUT2D eigenvalue weighted by atomic mass is 35.5. The van der Waals surface area contributed by atoms with Crippen molar-refractivity contribution >= 4 is 39.7 Å². The smallest absolute Gasteiger partial charge is 0.285 e. The van der Waals surface area contributed by atoms with Crippen LogP contribution in [0.15, 0.2) is 60.9 Å². The largest absolute Gasteiger partial charge is 0.487 e. The first kappa shape index (κ1) is 25.0. The maximum atomic E-state index is 13.4. The van der Waals surface area contributed by atoms with Crippen LogP contribution in [-0.4, -0.2) is 39.9 Å². The van der Waals surface area contributed by atoms with Crippen molar-refractivity contribution in [3.63, 3.8) is 0 Å². The van der Waals surface area contributed by atoms with Gasteiger partial charge in [-0.15, -0.1) is 0 Å². The van der Waals surface area contributed by atoms with Crippen molar-refractivity contribution in [2.24, 2.45) is 17.8 Å². The molecule has 1 saturated heterocycles. The molecule has 3 aromatic carbocycles. The van der Waals surface area contributed by atoms with E-state index in [0.717, 1.165) is 13.1 Å². The van der Waals surface area contributed by atoms with E-state index in [1.54, 1.807) is 36.4 Å². The predicted molar refractivity (Wildman–Crippen MR) is 147 cm³/mol. The molecule has 196 valence electrons. The molecule has 10 heteroatoms. The molecule has 0 amide bonds. The molecular formula is C29H23ClFN5O3.